The molecule has 0 unspecified atom stereocenters. The van der Waals surface area contributed by atoms with E-state index in [0.29, 0.717) is 25.9 Å². The highest BCUT2D eigenvalue weighted by Gasteiger charge is 2.22. The Bertz CT molecular complexity index is 559. The zero-order valence-electron chi connectivity index (χ0n) is 13.2. The lowest BCUT2D eigenvalue weighted by atomic mass is 10.1. The molecule has 0 spiro atoms. The number of nitrogens with one attached hydrogen (secondary N) is 1. The van der Waals surface area contributed by atoms with Crippen molar-refractivity contribution in [2.24, 2.45) is 0 Å². The molecule has 23 heavy (non-hydrogen) atoms. The molecule has 6 nitrogen and oxygen atoms in total. The fourth-order valence-corrected chi connectivity index (χ4v) is 3.06. The van der Waals surface area contributed by atoms with Crippen LogP contribution >= 0.6 is 22.6 Å². The summed E-state index contributed by atoms with van der Waals surface area (Å²) in [6, 6.07) is 7.57. The van der Waals surface area contributed by atoms with E-state index < -0.39 is 0 Å². The van der Waals surface area contributed by atoms with Gasteiger partial charge in [-0.2, -0.15) is 0 Å². The van der Waals surface area contributed by atoms with Crippen molar-refractivity contribution in [3.8, 4) is 0 Å². The van der Waals surface area contributed by atoms with Gasteiger partial charge in [0.1, 0.15) is 0 Å². The topological polar surface area (TPSA) is 72.9 Å². The van der Waals surface area contributed by atoms with Gasteiger partial charge in [-0.1, -0.05) is 6.07 Å². The van der Waals surface area contributed by atoms with Crippen molar-refractivity contribution in [2.75, 3.05) is 38.5 Å². The van der Waals surface area contributed by atoms with Gasteiger partial charge in [0.15, 0.2) is 0 Å². The molecule has 1 heterocycles. The monoisotopic (exact) mass is 431 g/mol. The first kappa shape index (κ1) is 18.2. The van der Waals surface area contributed by atoms with Crippen LogP contribution in [0.5, 0.6) is 0 Å². The lowest BCUT2D eigenvalue weighted by molar-refractivity contribution is -0.134. The normalized spacial score (nSPS) is 15.7. The summed E-state index contributed by atoms with van der Waals surface area (Å²) in [6.07, 6.45) is 0.960. The van der Waals surface area contributed by atoms with E-state index in [1.165, 1.54) is 0 Å². The van der Waals surface area contributed by atoms with Crippen LogP contribution in [0.2, 0.25) is 0 Å². The van der Waals surface area contributed by atoms with Crippen molar-refractivity contribution >= 4 is 40.1 Å². The summed E-state index contributed by atoms with van der Waals surface area (Å²) in [6.45, 7) is 1.54. The first-order chi connectivity index (χ1) is 10.9. The fraction of sp³-hybridized carbons (Fsp3) is 0.500. The third-order valence-corrected chi connectivity index (χ3v) is 4.42. The van der Waals surface area contributed by atoms with Crippen LogP contribution in [0.15, 0.2) is 24.3 Å². The van der Waals surface area contributed by atoms with E-state index in [1.54, 1.807) is 16.8 Å². The van der Waals surface area contributed by atoms with Gasteiger partial charge in [0.2, 0.25) is 11.8 Å². The number of hydrogen-bond donors (Lipinski definition) is 2. The lowest BCUT2D eigenvalue weighted by Crippen LogP contribution is -2.45. The average Bonchev–Trinajstić information content (AvgIpc) is 2.47. The maximum atomic E-state index is 12.2. The number of aliphatic hydroxyl groups is 1. The number of amides is 2. The molecule has 2 N–H and O–H groups in total. The van der Waals surface area contributed by atoms with Gasteiger partial charge < -0.3 is 15.3 Å². The van der Waals surface area contributed by atoms with Crippen molar-refractivity contribution in [1.82, 2.24) is 9.80 Å². The van der Waals surface area contributed by atoms with E-state index >= 15 is 0 Å². The minimum Gasteiger partial charge on any atom is -0.393 e. The molecule has 1 aromatic rings. The average molecular weight is 431 g/mol. The molecular formula is C16H22IN3O3. The molecule has 2 amide bonds. The molecule has 0 atom stereocenters. The largest absolute Gasteiger partial charge is 0.393 e. The summed E-state index contributed by atoms with van der Waals surface area (Å²) in [5, 5.41) is 12.3. The Morgan fingerprint density at radius 3 is 2.70 bits per heavy atom. The first-order valence-corrected chi connectivity index (χ1v) is 8.71. The molecule has 1 aliphatic rings. The predicted molar refractivity (Wildman–Crippen MR) is 97.1 cm³/mol. The molecule has 0 aromatic heterocycles. The second-order valence-electron chi connectivity index (χ2n) is 5.84. The van der Waals surface area contributed by atoms with Gasteiger partial charge in [-0.25, -0.2) is 0 Å². The zero-order chi connectivity index (χ0) is 16.8. The molecule has 0 aliphatic carbocycles. The number of likely N-dealkylation sites (tertiary alicyclic amines) is 1. The predicted octanol–water partition coefficient (Wildman–Crippen LogP) is 1.14. The molecule has 0 radical (unpaired) electrons. The minimum atomic E-state index is -0.295. The van der Waals surface area contributed by atoms with Gasteiger partial charge in [-0.15, -0.1) is 0 Å². The van der Waals surface area contributed by atoms with Gasteiger partial charge >= 0.3 is 0 Å². The second-order valence-corrected chi connectivity index (χ2v) is 7.09. The maximum Gasteiger partial charge on any atom is 0.238 e. The van der Waals surface area contributed by atoms with Crippen molar-refractivity contribution < 1.29 is 14.7 Å². The minimum absolute atomic E-state index is 0.00135. The molecule has 2 rings (SSSR count). The quantitative estimate of drug-likeness (QED) is 0.687. The van der Waals surface area contributed by atoms with Gasteiger partial charge in [-0.05, 0) is 60.7 Å². The molecule has 1 aliphatic heterocycles. The van der Waals surface area contributed by atoms with Crippen LogP contribution in [0.3, 0.4) is 0 Å². The molecular weight excluding hydrogens is 409 g/mol. The number of likely N-dealkylation sites (N-methyl/N-ethyl adjacent to an activating group) is 1. The summed E-state index contributed by atoms with van der Waals surface area (Å²) in [5.74, 6) is -0.141. The number of rotatable bonds is 5. The summed E-state index contributed by atoms with van der Waals surface area (Å²) < 4.78 is 1.05. The standard InChI is InChI=1S/C16H22IN3O3/c1-19(11-16(23)20-7-5-14(21)6-8-20)10-15(22)18-13-4-2-3-12(17)9-13/h2-4,9,14,21H,5-8,10-11H2,1H3,(H,18,22). The third-order valence-electron chi connectivity index (χ3n) is 3.74. The number of aliphatic hydroxyl groups excluding tert-OH is 1. The van der Waals surface area contributed by atoms with Gasteiger partial charge in [0.25, 0.3) is 0 Å². The number of hydrogen-bond acceptors (Lipinski definition) is 4. The first-order valence-electron chi connectivity index (χ1n) is 7.64. The lowest BCUT2D eigenvalue weighted by Gasteiger charge is -2.30. The number of anilines is 1. The van der Waals surface area contributed by atoms with Crippen molar-refractivity contribution in [3.05, 3.63) is 27.8 Å². The molecule has 1 fully saturated rings. The van der Waals surface area contributed by atoms with Crippen LogP contribution < -0.4 is 5.32 Å². The van der Waals surface area contributed by atoms with E-state index in [2.05, 4.69) is 27.9 Å². The Balaban J connectivity index is 1.76. The summed E-state index contributed by atoms with van der Waals surface area (Å²) >= 11 is 2.19. The van der Waals surface area contributed by atoms with Crippen molar-refractivity contribution in [2.45, 2.75) is 18.9 Å². The van der Waals surface area contributed by atoms with Crippen LogP contribution in [0.1, 0.15) is 12.8 Å². The van der Waals surface area contributed by atoms with E-state index in [-0.39, 0.29) is 31.0 Å². The van der Waals surface area contributed by atoms with E-state index in [1.807, 2.05) is 24.3 Å². The van der Waals surface area contributed by atoms with Crippen LogP contribution in [-0.4, -0.2) is 66.1 Å². The van der Waals surface area contributed by atoms with E-state index in [4.69, 9.17) is 0 Å². The Morgan fingerprint density at radius 1 is 1.35 bits per heavy atom. The molecule has 126 valence electrons. The van der Waals surface area contributed by atoms with Crippen LogP contribution in [-0.2, 0) is 9.59 Å². The Kier molecular flexibility index (Phi) is 6.79. The molecule has 0 saturated carbocycles. The Labute approximate surface area is 150 Å². The smallest absolute Gasteiger partial charge is 0.238 e. The number of halogens is 1. The highest BCUT2D eigenvalue weighted by atomic mass is 127. The van der Waals surface area contributed by atoms with Crippen molar-refractivity contribution in [1.29, 1.82) is 0 Å². The number of carbonyl (C=O) groups is 2. The molecule has 1 saturated heterocycles. The number of nitrogens with zero attached hydrogens (tertiary/aromatic N) is 2. The zero-order valence-corrected chi connectivity index (χ0v) is 15.3. The second kappa shape index (κ2) is 8.60. The third kappa shape index (κ3) is 6.08. The SMILES string of the molecule is CN(CC(=O)Nc1cccc(I)c1)CC(=O)N1CCC(O)CC1. The number of carbonyl (C=O) groups excluding carboxylic acids is 2. The summed E-state index contributed by atoms with van der Waals surface area (Å²) in [7, 11) is 1.75. The molecule has 0 bridgehead atoms. The summed E-state index contributed by atoms with van der Waals surface area (Å²) in [5.41, 5.74) is 0.756. The molecule has 1 aromatic carbocycles. The van der Waals surface area contributed by atoms with Gasteiger partial charge in [0.05, 0.1) is 19.2 Å². The number of piperidine rings is 1. The highest BCUT2D eigenvalue weighted by Crippen LogP contribution is 2.12. The van der Waals surface area contributed by atoms with E-state index in [0.717, 1.165) is 9.26 Å². The van der Waals surface area contributed by atoms with Crippen LogP contribution in [0, 0.1) is 3.57 Å². The Morgan fingerprint density at radius 2 is 2.04 bits per heavy atom. The fourth-order valence-electron chi connectivity index (χ4n) is 2.51. The van der Waals surface area contributed by atoms with Gasteiger partial charge in [0, 0.05) is 22.3 Å². The van der Waals surface area contributed by atoms with Crippen LogP contribution in [0.25, 0.3) is 0 Å². The summed E-state index contributed by atoms with van der Waals surface area (Å²) in [4.78, 5) is 27.6. The highest BCUT2D eigenvalue weighted by molar-refractivity contribution is 14.1. The Hall–Kier alpha value is -1.19. The maximum absolute atomic E-state index is 12.2. The number of benzene rings is 1. The molecule has 7 heteroatoms. The van der Waals surface area contributed by atoms with Crippen LogP contribution in [0.4, 0.5) is 5.69 Å². The van der Waals surface area contributed by atoms with Gasteiger partial charge in [-0.3, -0.25) is 14.5 Å². The van der Waals surface area contributed by atoms with Crippen molar-refractivity contribution in [3.63, 3.8) is 0 Å². The van der Waals surface area contributed by atoms with E-state index in [9.17, 15) is 14.7 Å².